The Hall–Kier alpha value is -1.86. The Morgan fingerprint density at radius 3 is 2.48 bits per heavy atom. The van der Waals surface area contributed by atoms with Crippen LogP contribution in [0.25, 0.3) is 0 Å². The molecule has 1 N–H and O–H groups in total. The highest BCUT2D eigenvalue weighted by atomic mass is 16.1. The summed E-state index contributed by atoms with van der Waals surface area (Å²) in [5.74, 6) is 1.56. The van der Waals surface area contributed by atoms with Crippen LogP contribution in [0.15, 0.2) is 24.3 Å². The van der Waals surface area contributed by atoms with E-state index < -0.39 is 0 Å². The molecule has 1 aromatic rings. The second-order valence-corrected chi connectivity index (χ2v) is 6.06. The van der Waals surface area contributed by atoms with Gasteiger partial charge in [-0.1, -0.05) is 13.8 Å². The molecule has 1 amide bonds. The summed E-state index contributed by atoms with van der Waals surface area (Å²) in [6.07, 6.45) is 1.43. The van der Waals surface area contributed by atoms with Gasteiger partial charge in [-0.15, -0.1) is 0 Å². The minimum atomic E-state index is 0.0417. The topological polar surface area (TPSA) is 56.1 Å². The van der Waals surface area contributed by atoms with Crippen LogP contribution >= 0.6 is 0 Å². The van der Waals surface area contributed by atoms with E-state index in [0.29, 0.717) is 12.0 Å². The molecule has 2 unspecified atom stereocenters. The van der Waals surface area contributed by atoms with Crippen LogP contribution in [0.4, 0.5) is 5.69 Å². The zero-order valence-corrected chi connectivity index (χ0v) is 12.8. The van der Waals surface area contributed by atoms with Gasteiger partial charge in [-0.2, -0.15) is 5.26 Å². The highest BCUT2D eigenvalue weighted by Crippen LogP contribution is 2.22. The van der Waals surface area contributed by atoms with Crippen molar-refractivity contribution in [2.24, 2.45) is 11.8 Å². The molecule has 0 saturated carbocycles. The number of nitrogens with zero attached hydrogens (tertiary/aromatic N) is 2. The summed E-state index contributed by atoms with van der Waals surface area (Å²) in [6.45, 7) is 7.89. The molecular weight excluding hydrogens is 262 g/mol. The van der Waals surface area contributed by atoms with Crippen molar-refractivity contribution in [1.29, 1.82) is 5.26 Å². The van der Waals surface area contributed by atoms with Crippen LogP contribution in [0.1, 0.15) is 32.3 Å². The summed E-state index contributed by atoms with van der Waals surface area (Å²) in [5, 5.41) is 11.6. The van der Waals surface area contributed by atoms with Crippen LogP contribution in [0.2, 0.25) is 0 Å². The van der Waals surface area contributed by atoms with E-state index in [-0.39, 0.29) is 5.91 Å². The molecule has 4 nitrogen and oxygen atoms in total. The number of benzene rings is 1. The van der Waals surface area contributed by atoms with Gasteiger partial charge in [0.25, 0.3) is 0 Å². The third-order valence-electron chi connectivity index (χ3n) is 4.24. The lowest BCUT2D eigenvalue weighted by atomic mass is 10.0. The summed E-state index contributed by atoms with van der Waals surface area (Å²) >= 11 is 0. The number of anilines is 1. The average molecular weight is 285 g/mol. The summed E-state index contributed by atoms with van der Waals surface area (Å²) in [4.78, 5) is 14.3. The SMILES string of the molecule is CC1CN(CCCC(=O)Nc2ccc(C#N)cc2)CC1C. The molecule has 0 bridgehead atoms. The maximum Gasteiger partial charge on any atom is 0.224 e. The minimum absolute atomic E-state index is 0.0417. The maximum atomic E-state index is 11.9. The van der Waals surface area contributed by atoms with E-state index in [4.69, 9.17) is 5.26 Å². The molecule has 4 heteroatoms. The first-order chi connectivity index (χ1) is 10.1. The van der Waals surface area contributed by atoms with Gasteiger partial charge < -0.3 is 10.2 Å². The van der Waals surface area contributed by atoms with Crippen molar-refractivity contribution in [2.45, 2.75) is 26.7 Å². The van der Waals surface area contributed by atoms with E-state index in [2.05, 4.69) is 30.1 Å². The quantitative estimate of drug-likeness (QED) is 0.905. The zero-order chi connectivity index (χ0) is 15.2. The molecule has 1 aromatic carbocycles. The number of nitriles is 1. The third kappa shape index (κ3) is 4.57. The fraction of sp³-hybridized carbons (Fsp3) is 0.529. The van der Waals surface area contributed by atoms with E-state index >= 15 is 0 Å². The lowest BCUT2D eigenvalue weighted by molar-refractivity contribution is -0.116. The molecule has 1 aliphatic heterocycles. The Morgan fingerprint density at radius 2 is 1.90 bits per heavy atom. The summed E-state index contributed by atoms with van der Waals surface area (Å²) < 4.78 is 0. The standard InChI is InChI=1S/C17H23N3O/c1-13-11-20(12-14(13)2)9-3-4-17(21)19-16-7-5-15(10-18)6-8-16/h5-8,13-14H,3-4,9,11-12H2,1-2H3,(H,19,21). The molecule has 2 atom stereocenters. The first-order valence-corrected chi connectivity index (χ1v) is 7.61. The molecule has 1 heterocycles. The van der Waals surface area contributed by atoms with Gasteiger partial charge in [-0.3, -0.25) is 4.79 Å². The van der Waals surface area contributed by atoms with Crippen LogP contribution in [-0.4, -0.2) is 30.4 Å². The number of carbonyl (C=O) groups is 1. The monoisotopic (exact) mass is 285 g/mol. The number of carbonyl (C=O) groups excluding carboxylic acids is 1. The molecule has 0 aliphatic carbocycles. The fourth-order valence-corrected chi connectivity index (χ4v) is 2.75. The van der Waals surface area contributed by atoms with Gasteiger partial charge in [0.2, 0.25) is 5.91 Å². The van der Waals surface area contributed by atoms with Crippen LogP contribution < -0.4 is 5.32 Å². The van der Waals surface area contributed by atoms with Crippen molar-refractivity contribution in [3.63, 3.8) is 0 Å². The molecular formula is C17H23N3O. The van der Waals surface area contributed by atoms with E-state index in [0.717, 1.165) is 43.6 Å². The van der Waals surface area contributed by atoms with Crippen LogP contribution in [0, 0.1) is 23.2 Å². The van der Waals surface area contributed by atoms with Crippen molar-refractivity contribution in [3.05, 3.63) is 29.8 Å². The fourth-order valence-electron chi connectivity index (χ4n) is 2.75. The van der Waals surface area contributed by atoms with Crippen LogP contribution in [0.5, 0.6) is 0 Å². The molecule has 1 saturated heterocycles. The highest BCUT2D eigenvalue weighted by molar-refractivity contribution is 5.90. The van der Waals surface area contributed by atoms with Gasteiger partial charge >= 0.3 is 0 Å². The predicted octanol–water partition coefficient (Wildman–Crippen LogP) is 2.86. The first-order valence-electron chi connectivity index (χ1n) is 7.61. The van der Waals surface area contributed by atoms with Gasteiger partial charge in [0.1, 0.15) is 0 Å². The van der Waals surface area contributed by atoms with Gasteiger partial charge in [-0.05, 0) is 49.1 Å². The van der Waals surface area contributed by atoms with Gasteiger partial charge in [0.15, 0.2) is 0 Å². The van der Waals surface area contributed by atoms with Crippen molar-refractivity contribution in [3.8, 4) is 6.07 Å². The van der Waals surface area contributed by atoms with E-state index in [9.17, 15) is 4.79 Å². The van der Waals surface area contributed by atoms with E-state index in [1.165, 1.54) is 0 Å². The van der Waals surface area contributed by atoms with Gasteiger partial charge in [0, 0.05) is 25.2 Å². The molecule has 21 heavy (non-hydrogen) atoms. The molecule has 2 rings (SSSR count). The largest absolute Gasteiger partial charge is 0.326 e. The van der Waals surface area contributed by atoms with Crippen molar-refractivity contribution >= 4 is 11.6 Å². The predicted molar refractivity (Wildman–Crippen MR) is 83.8 cm³/mol. The zero-order valence-electron chi connectivity index (χ0n) is 12.8. The molecule has 112 valence electrons. The molecule has 1 fully saturated rings. The summed E-state index contributed by atoms with van der Waals surface area (Å²) in [6, 6.07) is 9.01. The van der Waals surface area contributed by atoms with Gasteiger partial charge in [-0.25, -0.2) is 0 Å². The van der Waals surface area contributed by atoms with Crippen molar-refractivity contribution < 1.29 is 4.79 Å². The first kappa shape index (κ1) is 15.5. The Balaban J connectivity index is 1.69. The second kappa shape index (κ2) is 7.24. The molecule has 0 aromatic heterocycles. The number of rotatable bonds is 5. The smallest absolute Gasteiger partial charge is 0.224 e. The van der Waals surface area contributed by atoms with E-state index in [1.807, 2.05) is 0 Å². The third-order valence-corrected chi connectivity index (χ3v) is 4.24. The number of amides is 1. The Morgan fingerprint density at radius 1 is 1.29 bits per heavy atom. The molecule has 0 spiro atoms. The number of likely N-dealkylation sites (tertiary alicyclic amines) is 1. The van der Waals surface area contributed by atoms with Crippen molar-refractivity contribution in [2.75, 3.05) is 25.0 Å². The Bertz CT molecular complexity index is 508. The summed E-state index contributed by atoms with van der Waals surface area (Å²) in [7, 11) is 0. The number of hydrogen-bond donors (Lipinski definition) is 1. The van der Waals surface area contributed by atoms with Gasteiger partial charge in [0.05, 0.1) is 11.6 Å². The Labute approximate surface area is 126 Å². The van der Waals surface area contributed by atoms with E-state index in [1.54, 1.807) is 24.3 Å². The number of hydrogen-bond acceptors (Lipinski definition) is 3. The molecule has 0 radical (unpaired) electrons. The lowest BCUT2D eigenvalue weighted by Gasteiger charge is -2.14. The van der Waals surface area contributed by atoms with Crippen LogP contribution in [0.3, 0.4) is 0 Å². The summed E-state index contributed by atoms with van der Waals surface area (Å²) in [5.41, 5.74) is 1.35. The second-order valence-electron chi connectivity index (χ2n) is 6.06. The molecule has 1 aliphatic rings. The van der Waals surface area contributed by atoms with Crippen LogP contribution in [-0.2, 0) is 4.79 Å². The van der Waals surface area contributed by atoms with Crippen molar-refractivity contribution in [1.82, 2.24) is 4.90 Å². The maximum absolute atomic E-state index is 11.9. The normalized spacial score (nSPS) is 22.0. The lowest BCUT2D eigenvalue weighted by Crippen LogP contribution is -2.23. The minimum Gasteiger partial charge on any atom is -0.326 e. The number of nitrogens with one attached hydrogen (secondary N) is 1. The highest BCUT2D eigenvalue weighted by Gasteiger charge is 2.25. The Kier molecular flexibility index (Phi) is 5.35. The average Bonchev–Trinajstić information content (AvgIpc) is 2.78.